The number of rotatable bonds is 4. The quantitative estimate of drug-likeness (QED) is 0.680. The first-order valence-electron chi connectivity index (χ1n) is 10.1. The Morgan fingerprint density at radius 1 is 1.13 bits per heavy atom. The van der Waals surface area contributed by atoms with E-state index in [1.165, 1.54) is 5.56 Å². The first-order chi connectivity index (χ1) is 14.7. The molecule has 8 heteroatoms. The number of carbonyl (C=O) groups is 1. The Hall–Kier alpha value is -3.13. The van der Waals surface area contributed by atoms with E-state index in [-0.39, 0.29) is 18.7 Å². The molecular weight excluding hydrogens is 400 g/mol. The number of nitrogens with zero attached hydrogens (tertiary/aromatic N) is 3. The Bertz CT molecular complexity index is 1040. The summed E-state index contributed by atoms with van der Waals surface area (Å²) in [6.07, 6.45) is 2.76. The van der Waals surface area contributed by atoms with Gasteiger partial charge in [-0.3, -0.25) is 0 Å². The lowest BCUT2D eigenvalue weighted by Crippen LogP contribution is -2.41. The maximum absolute atomic E-state index is 12.8. The summed E-state index contributed by atoms with van der Waals surface area (Å²) in [5.74, 6) is 1.58. The molecule has 7 nitrogen and oxygen atoms in total. The SMILES string of the molecule is O=C(Nc1ccc2c(c1)OCO2)N1CCCC(c2nnc(Cc3ccccc3)s2)C1. The van der Waals surface area contributed by atoms with Crippen LogP contribution >= 0.6 is 11.3 Å². The third-order valence-corrected chi connectivity index (χ3v) is 6.45. The predicted molar refractivity (Wildman–Crippen MR) is 114 cm³/mol. The molecule has 0 radical (unpaired) electrons. The summed E-state index contributed by atoms with van der Waals surface area (Å²) >= 11 is 1.65. The lowest BCUT2D eigenvalue weighted by Gasteiger charge is -2.31. The number of anilines is 1. The highest BCUT2D eigenvalue weighted by atomic mass is 32.1. The standard InChI is InChI=1S/C22H22N4O3S/c27-22(23-17-8-9-18-19(12-17)29-14-28-18)26-10-4-7-16(13-26)21-25-24-20(30-21)11-15-5-2-1-3-6-15/h1-3,5-6,8-9,12,16H,4,7,10-11,13-14H2,(H,23,27). The zero-order valence-electron chi connectivity index (χ0n) is 16.4. The van der Waals surface area contributed by atoms with Crippen LogP contribution in [0.15, 0.2) is 48.5 Å². The molecule has 30 heavy (non-hydrogen) atoms. The van der Waals surface area contributed by atoms with E-state index < -0.39 is 0 Å². The highest BCUT2D eigenvalue weighted by molar-refractivity contribution is 7.11. The molecule has 5 rings (SSSR count). The van der Waals surface area contributed by atoms with Gasteiger partial charge in [-0.05, 0) is 30.5 Å². The molecule has 1 aromatic heterocycles. The number of nitrogens with one attached hydrogen (secondary N) is 1. The topological polar surface area (TPSA) is 76.6 Å². The molecular formula is C22H22N4O3S. The minimum absolute atomic E-state index is 0.104. The van der Waals surface area contributed by atoms with E-state index in [1.54, 1.807) is 17.4 Å². The third kappa shape index (κ3) is 4.09. The molecule has 0 saturated carbocycles. The smallest absolute Gasteiger partial charge is 0.321 e. The molecule has 1 fully saturated rings. The van der Waals surface area contributed by atoms with Gasteiger partial charge in [0, 0.05) is 37.2 Å². The van der Waals surface area contributed by atoms with Crippen LogP contribution in [0.1, 0.15) is 34.3 Å². The average Bonchev–Trinajstić information content (AvgIpc) is 3.44. The normalized spacial score (nSPS) is 17.7. The maximum Gasteiger partial charge on any atom is 0.321 e. The summed E-state index contributed by atoms with van der Waals surface area (Å²) in [5, 5.41) is 13.8. The van der Waals surface area contributed by atoms with E-state index in [0.717, 1.165) is 35.8 Å². The number of urea groups is 1. The fourth-order valence-electron chi connectivity index (χ4n) is 3.81. The average molecular weight is 423 g/mol. The third-order valence-electron chi connectivity index (χ3n) is 5.36. The van der Waals surface area contributed by atoms with Crippen LogP contribution in [-0.4, -0.2) is 41.0 Å². The molecule has 154 valence electrons. The van der Waals surface area contributed by atoms with Crippen LogP contribution in [0.4, 0.5) is 10.5 Å². The van der Waals surface area contributed by atoms with Crippen molar-refractivity contribution in [3.05, 3.63) is 64.1 Å². The molecule has 2 aliphatic heterocycles. The van der Waals surface area contributed by atoms with Gasteiger partial charge in [-0.15, -0.1) is 21.5 Å². The highest BCUT2D eigenvalue weighted by Crippen LogP contribution is 2.35. The van der Waals surface area contributed by atoms with Gasteiger partial charge in [0.2, 0.25) is 6.79 Å². The van der Waals surface area contributed by atoms with Gasteiger partial charge in [-0.25, -0.2) is 4.79 Å². The molecule has 1 N–H and O–H groups in total. The van der Waals surface area contributed by atoms with Gasteiger partial charge in [-0.1, -0.05) is 30.3 Å². The first-order valence-corrected chi connectivity index (χ1v) is 10.9. The lowest BCUT2D eigenvalue weighted by molar-refractivity contribution is 0.174. The molecule has 1 saturated heterocycles. The van der Waals surface area contributed by atoms with Crippen LogP contribution in [0.2, 0.25) is 0 Å². The molecule has 0 bridgehead atoms. The number of benzene rings is 2. The predicted octanol–water partition coefficient (Wildman–Crippen LogP) is 4.27. The summed E-state index contributed by atoms with van der Waals surface area (Å²) in [5.41, 5.74) is 1.93. The van der Waals surface area contributed by atoms with E-state index in [1.807, 2.05) is 35.2 Å². The van der Waals surface area contributed by atoms with Crippen molar-refractivity contribution in [1.29, 1.82) is 0 Å². The number of hydrogen-bond acceptors (Lipinski definition) is 6. The molecule has 2 aliphatic rings. The molecule has 3 heterocycles. The molecule has 3 aromatic rings. The van der Waals surface area contributed by atoms with Crippen LogP contribution in [0, 0.1) is 0 Å². The Morgan fingerprint density at radius 2 is 2.00 bits per heavy atom. The van der Waals surface area contributed by atoms with Crippen LogP contribution in [0.5, 0.6) is 11.5 Å². The first kappa shape index (κ1) is 18.9. The van der Waals surface area contributed by atoms with E-state index in [0.29, 0.717) is 23.7 Å². The summed E-state index contributed by atoms with van der Waals surface area (Å²) < 4.78 is 10.7. The summed E-state index contributed by atoms with van der Waals surface area (Å²) in [7, 11) is 0. The minimum Gasteiger partial charge on any atom is -0.454 e. The van der Waals surface area contributed by atoms with Crippen molar-refractivity contribution in [3.63, 3.8) is 0 Å². The second kappa shape index (κ2) is 8.31. The Morgan fingerprint density at radius 3 is 2.90 bits per heavy atom. The van der Waals surface area contributed by atoms with Crippen LogP contribution in [0.25, 0.3) is 0 Å². The van der Waals surface area contributed by atoms with Crippen LogP contribution in [-0.2, 0) is 6.42 Å². The zero-order chi connectivity index (χ0) is 20.3. The van der Waals surface area contributed by atoms with Gasteiger partial charge in [0.15, 0.2) is 11.5 Å². The van der Waals surface area contributed by atoms with Gasteiger partial charge >= 0.3 is 6.03 Å². The summed E-state index contributed by atoms with van der Waals surface area (Å²) in [6, 6.07) is 15.6. The van der Waals surface area contributed by atoms with E-state index >= 15 is 0 Å². The van der Waals surface area contributed by atoms with Gasteiger partial charge in [0.25, 0.3) is 0 Å². The monoisotopic (exact) mass is 422 g/mol. The minimum atomic E-state index is -0.104. The molecule has 0 aliphatic carbocycles. The summed E-state index contributed by atoms with van der Waals surface area (Å²) in [6.45, 7) is 1.60. The molecule has 1 atom stereocenters. The summed E-state index contributed by atoms with van der Waals surface area (Å²) in [4.78, 5) is 14.7. The van der Waals surface area contributed by atoms with Crippen molar-refractivity contribution < 1.29 is 14.3 Å². The zero-order valence-corrected chi connectivity index (χ0v) is 17.2. The van der Waals surface area contributed by atoms with Crippen molar-refractivity contribution in [1.82, 2.24) is 15.1 Å². The number of likely N-dealkylation sites (tertiary alicyclic amines) is 1. The van der Waals surface area contributed by atoms with Crippen molar-refractivity contribution in [2.45, 2.75) is 25.2 Å². The fraction of sp³-hybridized carbons (Fsp3) is 0.318. The lowest BCUT2D eigenvalue weighted by atomic mass is 9.99. The van der Waals surface area contributed by atoms with Crippen molar-refractivity contribution in [2.75, 3.05) is 25.2 Å². The number of hydrogen-bond donors (Lipinski definition) is 1. The molecule has 2 aromatic carbocycles. The molecule has 2 amide bonds. The number of fused-ring (bicyclic) bond motifs is 1. The largest absolute Gasteiger partial charge is 0.454 e. The Labute approximate surface area is 178 Å². The number of piperidine rings is 1. The highest BCUT2D eigenvalue weighted by Gasteiger charge is 2.27. The van der Waals surface area contributed by atoms with E-state index in [2.05, 4.69) is 27.6 Å². The van der Waals surface area contributed by atoms with E-state index in [4.69, 9.17) is 9.47 Å². The molecule has 1 unspecified atom stereocenters. The number of carbonyl (C=O) groups excluding carboxylic acids is 1. The number of amides is 2. The fourth-order valence-corrected chi connectivity index (χ4v) is 4.82. The number of aromatic nitrogens is 2. The van der Waals surface area contributed by atoms with Gasteiger partial charge < -0.3 is 19.7 Å². The maximum atomic E-state index is 12.8. The molecule has 0 spiro atoms. The Balaban J connectivity index is 1.22. The second-order valence-electron chi connectivity index (χ2n) is 7.48. The number of ether oxygens (including phenoxy) is 2. The van der Waals surface area contributed by atoms with Crippen LogP contribution < -0.4 is 14.8 Å². The van der Waals surface area contributed by atoms with Crippen molar-refractivity contribution in [2.24, 2.45) is 0 Å². The van der Waals surface area contributed by atoms with Gasteiger partial charge in [0.1, 0.15) is 10.0 Å². The van der Waals surface area contributed by atoms with Crippen molar-refractivity contribution in [3.8, 4) is 11.5 Å². The Kier molecular flexibility index (Phi) is 5.23. The van der Waals surface area contributed by atoms with Gasteiger partial charge in [0.05, 0.1) is 0 Å². The van der Waals surface area contributed by atoms with Crippen molar-refractivity contribution >= 4 is 23.1 Å². The van der Waals surface area contributed by atoms with Gasteiger partial charge in [-0.2, -0.15) is 0 Å². The van der Waals surface area contributed by atoms with E-state index in [9.17, 15) is 4.79 Å². The van der Waals surface area contributed by atoms with Crippen LogP contribution in [0.3, 0.4) is 0 Å². The second-order valence-corrected chi connectivity index (χ2v) is 8.57.